The van der Waals surface area contributed by atoms with Crippen LogP contribution in [0.2, 0.25) is 0 Å². The van der Waals surface area contributed by atoms with Crippen molar-refractivity contribution in [3.8, 4) is 6.07 Å². The molecule has 0 aliphatic heterocycles. The smallest absolute Gasteiger partial charge is 0.328 e. The second-order valence-electron chi connectivity index (χ2n) is 3.99. The average molecular weight is 298 g/mol. The third kappa shape index (κ3) is 3.78. The Kier molecular flexibility index (Phi) is 4.49. The van der Waals surface area contributed by atoms with Crippen molar-refractivity contribution >= 4 is 35.0 Å². The topological polar surface area (TPSA) is 90.2 Å². The Morgan fingerprint density at radius 2 is 2.00 bits per heavy atom. The van der Waals surface area contributed by atoms with Gasteiger partial charge in [-0.2, -0.15) is 5.26 Å². The lowest BCUT2D eigenvalue weighted by molar-refractivity contribution is -0.131. The molecule has 104 valence electrons. The number of nitrogens with one attached hydrogen (secondary N) is 1. The summed E-state index contributed by atoms with van der Waals surface area (Å²) in [7, 11) is 0. The van der Waals surface area contributed by atoms with Crippen molar-refractivity contribution in [2.75, 3.05) is 5.32 Å². The number of carboxylic acids is 1. The molecule has 1 heterocycles. The van der Waals surface area contributed by atoms with E-state index in [4.69, 9.17) is 10.4 Å². The van der Waals surface area contributed by atoms with Crippen LogP contribution in [0.3, 0.4) is 0 Å². The highest BCUT2D eigenvalue weighted by atomic mass is 32.1. The molecule has 0 aliphatic rings. The van der Waals surface area contributed by atoms with E-state index in [2.05, 4.69) is 5.32 Å². The molecule has 0 bridgehead atoms. The van der Waals surface area contributed by atoms with Crippen LogP contribution in [-0.4, -0.2) is 17.0 Å². The third-order valence-corrected chi connectivity index (χ3v) is 3.59. The van der Waals surface area contributed by atoms with E-state index in [1.165, 1.54) is 17.4 Å². The first kappa shape index (κ1) is 14.5. The Morgan fingerprint density at radius 3 is 2.71 bits per heavy atom. The number of benzene rings is 1. The Hall–Kier alpha value is -2.91. The Morgan fingerprint density at radius 1 is 1.24 bits per heavy atom. The summed E-state index contributed by atoms with van der Waals surface area (Å²) < 4.78 is 0. The van der Waals surface area contributed by atoms with Gasteiger partial charge in [0.2, 0.25) is 0 Å². The summed E-state index contributed by atoms with van der Waals surface area (Å²) in [6.07, 6.45) is 2.44. The molecule has 6 heteroatoms. The van der Waals surface area contributed by atoms with E-state index < -0.39 is 5.97 Å². The number of carboxylic acid groups (broad SMARTS) is 1. The van der Waals surface area contributed by atoms with Crippen LogP contribution in [0.25, 0.3) is 6.08 Å². The number of carbonyl (C=O) groups excluding carboxylic acids is 1. The first-order valence-corrected chi connectivity index (χ1v) is 6.73. The molecule has 0 spiro atoms. The summed E-state index contributed by atoms with van der Waals surface area (Å²) in [5, 5.41) is 20.2. The number of para-hydroxylation sites is 1. The highest BCUT2D eigenvalue weighted by molar-refractivity contribution is 7.15. The molecule has 21 heavy (non-hydrogen) atoms. The summed E-state index contributed by atoms with van der Waals surface area (Å²) in [4.78, 5) is 23.6. The van der Waals surface area contributed by atoms with E-state index in [1.807, 2.05) is 6.07 Å². The SMILES string of the molecule is N#Cc1ccccc1NC(=O)c1ccc(C=CC(=O)O)s1. The van der Waals surface area contributed by atoms with Crippen LogP contribution < -0.4 is 5.32 Å². The van der Waals surface area contributed by atoms with Gasteiger partial charge >= 0.3 is 5.97 Å². The molecule has 0 atom stereocenters. The summed E-state index contributed by atoms with van der Waals surface area (Å²) in [6, 6.07) is 12.0. The van der Waals surface area contributed by atoms with Crippen molar-refractivity contribution in [3.63, 3.8) is 0 Å². The van der Waals surface area contributed by atoms with Crippen LogP contribution in [0.15, 0.2) is 42.5 Å². The molecule has 0 radical (unpaired) electrons. The predicted molar refractivity (Wildman–Crippen MR) is 80.1 cm³/mol. The van der Waals surface area contributed by atoms with Gasteiger partial charge < -0.3 is 10.4 Å². The molecule has 0 saturated heterocycles. The van der Waals surface area contributed by atoms with Gasteiger partial charge in [-0.15, -0.1) is 11.3 Å². The number of rotatable bonds is 4. The molecule has 0 unspecified atom stereocenters. The van der Waals surface area contributed by atoms with Crippen molar-refractivity contribution in [2.45, 2.75) is 0 Å². The molecule has 0 fully saturated rings. The van der Waals surface area contributed by atoms with Crippen LogP contribution in [0.5, 0.6) is 0 Å². The summed E-state index contributed by atoms with van der Waals surface area (Å²) in [5.41, 5.74) is 0.828. The minimum absolute atomic E-state index is 0.335. The number of carbonyl (C=O) groups is 2. The van der Waals surface area contributed by atoms with Gasteiger partial charge in [-0.1, -0.05) is 12.1 Å². The van der Waals surface area contributed by atoms with Gasteiger partial charge in [0.1, 0.15) is 6.07 Å². The molecule has 5 nitrogen and oxygen atoms in total. The first-order valence-electron chi connectivity index (χ1n) is 5.91. The lowest BCUT2D eigenvalue weighted by Gasteiger charge is -2.04. The van der Waals surface area contributed by atoms with Crippen LogP contribution in [0.1, 0.15) is 20.1 Å². The van der Waals surface area contributed by atoms with E-state index in [0.717, 1.165) is 6.08 Å². The Bertz CT molecular complexity index is 756. The second-order valence-corrected chi connectivity index (χ2v) is 5.10. The van der Waals surface area contributed by atoms with Crippen molar-refractivity contribution in [2.24, 2.45) is 0 Å². The molecule has 1 aromatic carbocycles. The summed E-state index contributed by atoms with van der Waals surface area (Å²) in [5.74, 6) is -1.38. The molecule has 2 N–H and O–H groups in total. The zero-order valence-corrected chi connectivity index (χ0v) is 11.6. The van der Waals surface area contributed by atoms with Gasteiger partial charge in [0.05, 0.1) is 16.1 Å². The fourth-order valence-electron chi connectivity index (χ4n) is 1.59. The minimum atomic E-state index is -1.04. The van der Waals surface area contributed by atoms with Crippen LogP contribution >= 0.6 is 11.3 Å². The minimum Gasteiger partial charge on any atom is -0.478 e. The van der Waals surface area contributed by atoms with Crippen molar-refractivity contribution < 1.29 is 14.7 Å². The number of hydrogen-bond acceptors (Lipinski definition) is 4. The first-order chi connectivity index (χ1) is 10.1. The molecular weight excluding hydrogens is 288 g/mol. The normalized spacial score (nSPS) is 10.2. The number of nitriles is 1. The zero-order valence-electron chi connectivity index (χ0n) is 10.7. The largest absolute Gasteiger partial charge is 0.478 e. The quantitative estimate of drug-likeness (QED) is 0.849. The average Bonchev–Trinajstić information content (AvgIpc) is 2.94. The van der Waals surface area contributed by atoms with Crippen molar-refractivity contribution in [1.29, 1.82) is 5.26 Å². The number of amides is 1. The predicted octanol–water partition coefficient (Wildman–Crippen LogP) is 2.97. The fourth-order valence-corrected chi connectivity index (χ4v) is 2.40. The highest BCUT2D eigenvalue weighted by Gasteiger charge is 2.10. The number of thiophene rings is 1. The maximum atomic E-state index is 12.1. The standard InChI is InChI=1S/C15H10N2O3S/c16-9-10-3-1-2-4-12(10)17-15(20)13-7-5-11(21-13)6-8-14(18)19/h1-8H,(H,17,20)(H,18,19). The third-order valence-electron chi connectivity index (χ3n) is 2.54. The molecule has 1 amide bonds. The van der Waals surface area contributed by atoms with Gasteiger partial charge in [0, 0.05) is 11.0 Å². The van der Waals surface area contributed by atoms with Gasteiger partial charge in [-0.3, -0.25) is 4.79 Å². The lowest BCUT2D eigenvalue weighted by atomic mass is 10.2. The monoisotopic (exact) mass is 298 g/mol. The molecule has 0 aliphatic carbocycles. The fraction of sp³-hybridized carbons (Fsp3) is 0. The van der Waals surface area contributed by atoms with E-state index >= 15 is 0 Å². The van der Waals surface area contributed by atoms with Crippen LogP contribution in [0.4, 0.5) is 5.69 Å². The van der Waals surface area contributed by atoms with Crippen molar-refractivity contribution in [3.05, 3.63) is 57.8 Å². The summed E-state index contributed by atoms with van der Waals surface area (Å²) >= 11 is 1.17. The van der Waals surface area contributed by atoms with E-state index in [9.17, 15) is 9.59 Å². The van der Waals surface area contributed by atoms with Crippen LogP contribution in [0, 0.1) is 11.3 Å². The van der Waals surface area contributed by atoms with Gasteiger partial charge in [0.15, 0.2) is 0 Å². The molecule has 2 aromatic rings. The van der Waals surface area contributed by atoms with Gasteiger partial charge in [-0.05, 0) is 30.3 Å². The molecular formula is C15H10N2O3S. The lowest BCUT2D eigenvalue weighted by Crippen LogP contribution is -2.11. The Balaban J connectivity index is 2.14. The maximum absolute atomic E-state index is 12.1. The second kappa shape index (κ2) is 6.50. The van der Waals surface area contributed by atoms with Gasteiger partial charge in [-0.25, -0.2) is 4.79 Å². The molecule has 1 aromatic heterocycles. The van der Waals surface area contributed by atoms with Crippen molar-refractivity contribution in [1.82, 2.24) is 0 Å². The zero-order chi connectivity index (χ0) is 15.2. The molecule has 0 saturated carbocycles. The summed E-state index contributed by atoms with van der Waals surface area (Å²) in [6.45, 7) is 0. The van der Waals surface area contributed by atoms with Gasteiger partial charge in [0.25, 0.3) is 5.91 Å². The maximum Gasteiger partial charge on any atom is 0.328 e. The number of aliphatic carboxylic acids is 1. The number of nitrogens with zero attached hydrogens (tertiary/aromatic N) is 1. The van der Waals surface area contributed by atoms with E-state index in [-0.39, 0.29) is 5.91 Å². The van der Waals surface area contributed by atoms with E-state index in [0.29, 0.717) is 21.0 Å². The number of anilines is 1. The molecule has 2 rings (SSSR count). The van der Waals surface area contributed by atoms with E-state index in [1.54, 1.807) is 36.4 Å². The highest BCUT2D eigenvalue weighted by Crippen LogP contribution is 2.21. The Labute approximate surface area is 124 Å². The number of hydrogen-bond donors (Lipinski definition) is 2. The van der Waals surface area contributed by atoms with Crippen LogP contribution in [-0.2, 0) is 4.79 Å².